The summed E-state index contributed by atoms with van der Waals surface area (Å²) in [7, 11) is 0. The summed E-state index contributed by atoms with van der Waals surface area (Å²) in [4.78, 5) is 15.2. The first kappa shape index (κ1) is 21.7. The Morgan fingerprint density at radius 3 is 2.25 bits per heavy atom. The molecule has 5 nitrogen and oxygen atoms in total. The molecule has 2 heterocycles. The third kappa shape index (κ3) is 4.39. The predicted octanol–water partition coefficient (Wildman–Crippen LogP) is 4.29. The Labute approximate surface area is 182 Å². The van der Waals surface area contributed by atoms with E-state index in [1.54, 1.807) is 30.3 Å². The number of morpholine rings is 1. The molecule has 1 fully saturated rings. The molecule has 3 aromatic rings. The van der Waals surface area contributed by atoms with Crippen LogP contribution in [-0.2, 0) is 17.5 Å². The maximum atomic E-state index is 13.6. The van der Waals surface area contributed by atoms with Crippen LogP contribution < -0.4 is 10.5 Å². The molecule has 0 spiro atoms. The van der Waals surface area contributed by atoms with Gasteiger partial charge in [-0.25, -0.2) is 0 Å². The van der Waals surface area contributed by atoms with Crippen LogP contribution in [0.1, 0.15) is 16.7 Å². The fourth-order valence-electron chi connectivity index (χ4n) is 3.80. The van der Waals surface area contributed by atoms with Crippen LogP contribution in [0.25, 0.3) is 11.3 Å². The summed E-state index contributed by atoms with van der Waals surface area (Å²) < 4.78 is 47.3. The SMILES string of the molecule is N#Cc1c(C(F)(F)F)cc(-c2ccccc2)n(Cc2ccc(N3CCOCC3)cc2)c1=O. The molecule has 1 saturated heterocycles. The van der Waals surface area contributed by atoms with E-state index in [1.165, 1.54) is 10.6 Å². The van der Waals surface area contributed by atoms with Gasteiger partial charge in [0.05, 0.1) is 31.0 Å². The van der Waals surface area contributed by atoms with Gasteiger partial charge in [0.2, 0.25) is 0 Å². The normalized spacial score (nSPS) is 14.2. The molecule has 4 rings (SSSR count). The van der Waals surface area contributed by atoms with Gasteiger partial charge in [0, 0.05) is 18.8 Å². The zero-order valence-electron chi connectivity index (χ0n) is 17.1. The second-order valence-corrected chi connectivity index (χ2v) is 7.45. The first-order chi connectivity index (χ1) is 15.4. The summed E-state index contributed by atoms with van der Waals surface area (Å²) in [5.41, 5.74) is -0.755. The van der Waals surface area contributed by atoms with Crippen LogP contribution in [0.3, 0.4) is 0 Å². The van der Waals surface area contributed by atoms with Crippen molar-refractivity contribution in [3.05, 3.63) is 87.7 Å². The maximum Gasteiger partial charge on any atom is 0.417 e. The van der Waals surface area contributed by atoms with Crippen molar-refractivity contribution < 1.29 is 17.9 Å². The lowest BCUT2D eigenvalue weighted by molar-refractivity contribution is -0.137. The van der Waals surface area contributed by atoms with E-state index in [-0.39, 0.29) is 12.2 Å². The highest BCUT2D eigenvalue weighted by molar-refractivity contribution is 5.62. The molecule has 164 valence electrons. The molecule has 8 heteroatoms. The van der Waals surface area contributed by atoms with E-state index >= 15 is 0 Å². The fraction of sp³-hybridized carbons (Fsp3) is 0.250. The molecule has 0 unspecified atom stereocenters. The van der Waals surface area contributed by atoms with E-state index in [4.69, 9.17) is 4.74 Å². The minimum absolute atomic E-state index is 0.0409. The smallest absolute Gasteiger partial charge is 0.378 e. The Bertz CT molecular complexity index is 1190. The largest absolute Gasteiger partial charge is 0.417 e. The lowest BCUT2D eigenvalue weighted by Crippen LogP contribution is -2.36. The number of nitriles is 1. The summed E-state index contributed by atoms with van der Waals surface area (Å²) in [5, 5.41) is 9.32. The quantitative estimate of drug-likeness (QED) is 0.609. The minimum Gasteiger partial charge on any atom is -0.378 e. The van der Waals surface area contributed by atoms with Crippen molar-refractivity contribution in [1.29, 1.82) is 5.26 Å². The molecule has 1 aliphatic rings. The second kappa shape index (κ2) is 8.89. The monoisotopic (exact) mass is 439 g/mol. The summed E-state index contributed by atoms with van der Waals surface area (Å²) in [5.74, 6) is 0. The number of anilines is 1. The van der Waals surface area contributed by atoms with Crippen LogP contribution in [0.15, 0.2) is 65.5 Å². The Kier molecular flexibility index (Phi) is 6.01. The van der Waals surface area contributed by atoms with E-state index in [0.717, 1.165) is 30.4 Å². The van der Waals surface area contributed by atoms with Crippen LogP contribution in [-0.4, -0.2) is 30.9 Å². The number of halogens is 3. The van der Waals surface area contributed by atoms with Crippen LogP contribution in [0.4, 0.5) is 18.9 Å². The van der Waals surface area contributed by atoms with E-state index in [1.807, 2.05) is 24.3 Å². The van der Waals surface area contributed by atoms with Crippen LogP contribution in [0, 0.1) is 11.3 Å². The second-order valence-electron chi connectivity index (χ2n) is 7.45. The van der Waals surface area contributed by atoms with Gasteiger partial charge in [0.25, 0.3) is 5.56 Å². The molecule has 0 amide bonds. The van der Waals surface area contributed by atoms with Gasteiger partial charge in [-0.05, 0) is 29.3 Å². The topological polar surface area (TPSA) is 58.3 Å². The van der Waals surface area contributed by atoms with Crippen molar-refractivity contribution >= 4 is 5.69 Å². The van der Waals surface area contributed by atoms with Gasteiger partial charge in [-0.15, -0.1) is 0 Å². The standard InChI is InChI=1S/C24H20F3N3O2/c25-24(26,27)21-14-22(18-4-2-1-3-5-18)30(23(31)20(21)15-28)16-17-6-8-19(9-7-17)29-10-12-32-13-11-29/h1-9,14H,10-13,16H2. The lowest BCUT2D eigenvalue weighted by Gasteiger charge is -2.29. The number of alkyl halides is 3. The van der Waals surface area contributed by atoms with Crippen LogP contribution in [0.5, 0.6) is 0 Å². The molecule has 0 radical (unpaired) electrons. The van der Waals surface area contributed by atoms with Crippen molar-refractivity contribution in [1.82, 2.24) is 4.57 Å². The highest BCUT2D eigenvalue weighted by Gasteiger charge is 2.36. The molecule has 0 bridgehead atoms. The Morgan fingerprint density at radius 2 is 1.66 bits per heavy atom. The number of hydrogen-bond acceptors (Lipinski definition) is 4. The number of hydrogen-bond donors (Lipinski definition) is 0. The molecule has 2 aromatic carbocycles. The molecule has 1 aromatic heterocycles. The number of rotatable bonds is 4. The molecule has 0 aliphatic carbocycles. The minimum atomic E-state index is -4.81. The van der Waals surface area contributed by atoms with E-state index < -0.39 is 22.9 Å². The summed E-state index contributed by atoms with van der Waals surface area (Å²) in [6, 6.07) is 18.3. The van der Waals surface area contributed by atoms with Crippen molar-refractivity contribution in [3.8, 4) is 17.3 Å². The van der Waals surface area contributed by atoms with Crippen LogP contribution in [0.2, 0.25) is 0 Å². The van der Waals surface area contributed by atoms with Gasteiger partial charge >= 0.3 is 6.18 Å². The van der Waals surface area contributed by atoms with E-state index in [9.17, 15) is 23.2 Å². The first-order valence-electron chi connectivity index (χ1n) is 10.1. The molecule has 1 aliphatic heterocycles. The zero-order valence-corrected chi connectivity index (χ0v) is 17.1. The molecular formula is C24H20F3N3O2. The van der Waals surface area contributed by atoms with Crippen molar-refractivity contribution in [3.63, 3.8) is 0 Å². The summed E-state index contributed by atoms with van der Waals surface area (Å²) >= 11 is 0. The van der Waals surface area contributed by atoms with Gasteiger partial charge in [0.15, 0.2) is 0 Å². The van der Waals surface area contributed by atoms with Crippen molar-refractivity contribution in [2.75, 3.05) is 31.2 Å². The number of benzene rings is 2. The third-order valence-electron chi connectivity index (χ3n) is 5.44. The van der Waals surface area contributed by atoms with Gasteiger partial charge in [-0.2, -0.15) is 18.4 Å². The van der Waals surface area contributed by atoms with E-state index in [0.29, 0.717) is 18.8 Å². The summed E-state index contributed by atoms with van der Waals surface area (Å²) in [6.45, 7) is 2.90. The Morgan fingerprint density at radius 1 is 1.00 bits per heavy atom. The van der Waals surface area contributed by atoms with Crippen molar-refractivity contribution in [2.45, 2.75) is 12.7 Å². The van der Waals surface area contributed by atoms with Crippen molar-refractivity contribution in [2.24, 2.45) is 0 Å². The molecule has 0 N–H and O–H groups in total. The van der Waals surface area contributed by atoms with Crippen LogP contribution >= 0.6 is 0 Å². The number of pyridine rings is 1. The summed E-state index contributed by atoms with van der Waals surface area (Å²) in [6.07, 6.45) is -4.81. The molecule has 32 heavy (non-hydrogen) atoms. The van der Waals surface area contributed by atoms with Gasteiger partial charge in [0.1, 0.15) is 11.6 Å². The Balaban J connectivity index is 1.77. The van der Waals surface area contributed by atoms with Gasteiger partial charge < -0.3 is 14.2 Å². The average molecular weight is 439 g/mol. The number of aromatic nitrogens is 1. The zero-order chi connectivity index (χ0) is 22.7. The average Bonchev–Trinajstić information content (AvgIpc) is 2.81. The number of nitrogens with zero attached hydrogens (tertiary/aromatic N) is 3. The molecule has 0 atom stereocenters. The number of ether oxygens (including phenoxy) is 1. The predicted molar refractivity (Wildman–Crippen MR) is 114 cm³/mol. The first-order valence-corrected chi connectivity index (χ1v) is 10.1. The molecule has 0 saturated carbocycles. The van der Waals surface area contributed by atoms with Gasteiger partial charge in [-0.3, -0.25) is 4.79 Å². The third-order valence-corrected chi connectivity index (χ3v) is 5.44. The maximum absolute atomic E-state index is 13.6. The highest BCUT2D eigenvalue weighted by Crippen LogP contribution is 2.33. The van der Waals surface area contributed by atoms with Gasteiger partial charge in [-0.1, -0.05) is 42.5 Å². The molecular weight excluding hydrogens is 419 g/mol. The van der Waals surface area contributed by atoms with E-state index in [2.05, 4.69) is 4.90 Å². The fourth-order valence-corrected chi connectivity index (χ4v) is 3.80. The highest BCUT2D eigenvalue weighted by atomic mass is 19.4. The Hall–Kier alpha value is -3.57. The lowest BCUT2D eigenvalue weighted by atomic mass is 10.0.